The van der Waals surface area contributed by atoms with Crippen molar-refractivity contribution in [3.05, 3.63) is 69.6 Å². The lowest BCUT2D eigenvalue weighted by Gasteiger charge is -2.31. The van der Waals surface area contributed by atoms with Gasteiger partial charge in [-0.3, -0.25) is 14.5 Å². The summed E-state index contributed by atoms with van der Waals surface area (Å²) in [7, 11) is 0. The van der Waals surface area contributed by atoms with E-state index < -0.39 is 6.04 Å². The van der Waals surface area contributed by atoms with Crippen molar-refractivity contribution in [2.24, 2.45) is 0 Å². The summed E-state index contributed by atoms with van der Waals surface area (Å²) in [6.45, 7) is 6.22. The molecular weight excluding hydrogens is 424 g/mol. The van der Waals surface area contributed by atoms with Crippen LogP contribution in [0.1, 0.15) is 34.6 Å². The Labute approximate surface area is 190 Å². The molecule has 1 amide bonds. The molecule has 1 N–H and O–H groups in total. The number of fused-ring (bicyclic) bond motifs is 2. The highest BCUT2D eigenvalue weighted by molar-refractivity contribution is 5.99. The molecule has 3 heterocycles. The molecule has 0 aliphatic carbocycles. The number of hydrogen-bond donors (Lipinski definition) is 1. The highest BCUT2D eigenvalue weighted by Crippen LogP contribution is 2.40. The van der Waals surface area contributed by atoms with Crippen LogP contribution in [-0.4, -0.2) is 66.8 Å². The van der Waals surface area contributed by atoms with Crippen molar-refractivity contribution < 1.29 is 23.8 Å². The fourth-order valence-corrected chi connectivity index (χ4v) is 4.59. The van der Waals surface area contributed by atoms with Crippen molar-refractivity contribution in [2.75, 3.05) is 46.0 Å². The van der Waals surface area contributed by atoms with Crippen LogP contribution in [0.4, 0.5) is 0 Å². The monoisotopic (exact) mass is 450 g/mol. The number of carbonyl (C=O) groups is 1. The summed E-state index contributed by atoms with van der Waals surface area (Å²) < 4.78 is 17.0. The number of aromatic hydroxyl groups is 1. The normalized spacial score (nSPS) is 18.6. The van der Waals surface area contributed by atoms with Gasteiger partial charge in [-0.05, 0) is 36.8 Å². The van der Waals surface area contributed by atoms with Gasteiger partial charge in [0, 0.05) is 26.2 Å². The minimum absolute atomic E-state index is 0.00978. The van der Waals surface area contributed by atoms with Crippen LogP contribution in [0, 0.1) is 0 Å². The second kappa shape index (κ2) is 8.88. The molecule has 1 fully saturated rings. The Morgan fingerprint density at radius 3 is 2.67 bits per heavy atom. The molecule has 3 aromatic rings. The van der Waals surface area contributed by atoms with E-state index in [9.17, 15) is 14.7 Å². The zero-order valence-electron chi connectivity index (χ0n) is 18.5. The number of hydrogen-bond acceptors (Lipinski definition) is 7. The second-order valence-electron chi connectivity index (χ2n) is 8.19. The lowest BCUT2D eigenvalue weighted by molar-refractivity contribution is 0.0314. The Balaban J connectivity index is 1.61. The number of benzene rings is 2. The van der Waals surface area contributed by atoms with Gasteiger partial charge in [-0.25, -0.2) is 0 Å². The van der Waals surface area contributed by atoms with Gasteiger partial charge in [-0.1, -0.05) is 18.2 Å². The first-order valence-corrected chi connectivity index (χ1v) is 11.2. The zero-order valence-corrected chi connectivity index (χ0v) is 18.5. The minimum Gasteiger partial charge on any atom is -0.504 e. The molecule has 172 valence electrons. The van der Waals surface area contributed by atoms with Gasteiger partial charge >= 0.3 is 0 Å². The number of ether oxygens (including phenoxy) is 2. The molecule has 1 saturated heterocycles. The Hall–Kier alpha value is -3.36. The van der Waals surface area contributed by atoms with Crippen molar-refractivity contribution in [1.82, 2.24) is 9.80 Å². The maximum Gasteiger partial charge on any atom is 0.290 e. The fourth-order valence-electron chi connectivity index (χ4n) is 4.59. The molecule has 0 saturated carbocycles. The number of phenolic OH excluding ortho intramolecular Hbond substituents is 1. The summed E-state index contributed by atoms with van der Waals surface area (Å²) in [5.74, 6) is 0.0959. The molecule has 5 rings (SSSR count). The lowest BCUT2D eigenvalue weighted by Crippen LogP contribution is -2.42. The number of amides is 1. The van der Waals surface area contributed by atoms with E-state index in [0.717, 1.165) is 13.1 Å². The summed E-state index contributed by atoms with van der Waals surface area (Å²) in [6.07, 6.45) is 0. The van der Waals surface area contributed by atoms with Crippen LogP contribution in [0.15, 0.2) is 51.7 Å². The second-order valence-corrected chi connectivity index (χ2v) is 8.19. The predicted octanol–water partition coefficient (Wildman–Crippen LogP) is 2.77. The standard InChI is InChI=1S/C25H26N2O6/c1-2-32-20-15-16(7-8-18(20)28)22-21-23(29)17-5-3-4-6-19(17)33-24(21)25(30)27(22)10-9-26-11-13-31-14-12-26/h3-8,15,22,28H,2,9-14H2,1H3. The van der Waals surface area contributed by atoms with Crippen LogP contribution in [0.2, 0.25) is 0 Å². The molecule has 1 unspecified atom stereocenters. The smallest absolute Gasteiger partial charge is 0.290 e. The van der Waals surface area contributed by atoms with Gasteiger partial charge in [0.25, 0.3) is 5.91 Å². The molecule has 8 heteroatoms. The van der Waals surface area contributed by atoms with E-state index in [4.69, 9.17) is 13.9 Å². The predicted molar refractivity (Wildman–Crippen MR) is 122 cm³/mol. The molecule has 8 nitrogen and oxygen atoms in total. The molecule has 2 aliphatic heterocycles. The van der Waals surface area contributed by atoms with E-state index in [1.807, 2.05) is 6.92 Å². The molecule has 1 atom stereocenters. The summed E-state index contributed by atoms with van der Waals surface area (Å²) in [6, 6.07) is 11.3. The molecular formula is C25H26N2O6. The summed E-state index contributed by atoms with van der Waals surface area (Å²) in [5.41, 5.74) is 1.19. The van der Waals surface area contributed by atoms with Gasteiger partial charge in [-0.15, -0.1) is 0 Å². The maximum absolute atomic E-state index is 13.5. The van der Waals surface area contributed by atoms with Gasteiger partial charge in [0.05, 0.1) is 36.8 Å². The summed E-state index contributed by atoms with van der Waals surface area (Å²) in [5, 5.41) is 10.6. The Morgan fingerprint density at radius 1 is 1.09 bits per heavy atom. The number of carbonyl (C=O) groups excluding carboxylic acids is 1. The molecule has 0 spiro atoms. The average Bonchev–Trinajstić information content (AvgIpc) is 3.12. The highest BCUT2D eigenvalue weighted by atomic mass is 16.5. The third-order valence-electron chi connectivity index (χ3n) is 6.23. The quantitative estimate of drug-likeness (QED) is 0.617. The van der Waals surface area contributed by atoms with E-state index in [0.29, 0.717) is 60.8 Å². The molecule has 33 heavy (non-hydrogen) atoms. The van der Waals surface area contributed by atoms with E-state index in [1.54, 1.807) is 41.3 Å². The lowest BCUT2D eigenvalue weighted by atomic mass is 9.98. The summed E-state index contributed by atoms with van der Waals surface area (Å²) >= 11 is 0. The van der Waals surface area contributed by atoms with Crippen LogP contribution < -0.4 is 10.2 Å². The Morgan fingerprint density at radius 2 is 1.88 bits per heavy atom. The minimum atomic E-state index is -0.630. The molecule has 0 bridgehead atoms. The molecule has 2 aromatic carbocycles. The maximum atomic E-state index is 13.5. The number of morpholine rings is 1. The van der Waals surface area contributed by atoms with Gasteiger partial charge in [0.2, 0.25) is 5.76 Å². The topological polar surface area (TPSA) is 92.5 Å². The van der Waals surface area contributed by atoms with Gasteiger partial charge in [-0.2, -0.15) is 0 Å². The van der Waals surface area contributed by atoms with Crippen molar-refractivity contribution in [3.8, 4) is 11.5 Å². The van der Waals surface area contributed by atoms with E-state index in [2.05, 4.69) is 4.90 Å². The van der Waals surface area contributed by atoms with Crippen LogP contribution in [0.25, 0.3) is 11.0 Å². The largest absolute Gasteiger partial charge is 0.504 e. The Kier molecular flexibility index (Phi) is 5.78. The average molecular weight is 450 g/mol. The van der Waals surface area contributed by atoms with Crippen LogP contribution in [-0.2, 0) is 4.74 Å². The van der Waals surface area contributed by atoms with E-state index in [1.165, 1.54) is 6.07 Å². The molecule has 1 aromatic heterocycles. The van der Waals surface area contributed by atoms with Gasteiger partial charge < -0.3 is 23.9 Å². The number of phenols is 1. The SMILES string of the molecule is CCOc1cc(C2c3c(oc4ccccc4c3=O)C(=O)N2CCN2CCOCC2)ccc1O. The third-order valence-corrected chi connectivity index (χ3v) is 6.23. The van der Waals surface area contributed by atoms with Crippen molar-refractivity contribution in [3.63, 3.8) is 0 Å². The first kappa shape index (κ1) is 21.5. The van der Waals surface area contributed by atoms with Crippen LogP contribution in [0.5, 0.6) is 11.5 Å². The number of nitrogens with zero attached hydrogens (tertiary/aromatic N) is 2. The van der Waals surface area contributed by atoms with Gasteiger partial charge in [0.15, 0.2) is 16.9 Å². The highest BCUT2D eigenvalue weighted by Gasteiger charge is 2.43. The van der Waals surface area contributed by atoms with Crippen LogP contribution in [0.3, 0.4) is 0 Å². The van der Waals surface area contributed by atoms with Crippen molar-refractivity contribution in [1.29, 1.82) is 0 Å². The fraction of sp³-hybridized carbons (Fsp3) is 0.360. The molecule has 0 radical (unpaired) electrons. The van der Waals surface area contributed by atoms with Gasteiger partial charge in [0.1, 0.15) is 5.58 Å². The van der Waals surface area contributed by atoms with E-state index in [-0.39, 0.29) is 22.8 Å². The van der Waals surface area contributed by atoms with Crippen molar-refractivity contribution in [2.45, 2.75) is 13.0 Å². The van der Waals surface area contributed by atoms with Crippen LogP contribution >= 0.6 is 0 Å². The first-order valence-electron chi connectivity index (χ1n) is 11.2. The zero-order chi connectivity index (χ0) is 22.9. The van der Waals surface area contributed by atoms with Crippen molar-refractivity contribution >= 4 is 16.9 Å². The Bertz CT molecular complexity index is 1250. The first-order chi connectivity index (χ1) is 16.1. The molecule has 2 aliphatic rings. The number of para-hydroxylation sites is 1. The third kappa shape index (κ3) is 3.85. The number of rotatable bonds is 6. The summed E-state index contributed by atoms with van der Waals surface area (Å²) in [4.78, 5) is 31.0. The van der Waals surface area contributed by atoms with E-state index >= 15 is 0 Å².